The molecule has 1 aromatic heterocycles. The normalized spacial score (nSPS) is 11.1. The average Bonchev–Trinajstić information content (AvgIpc) is 2.84. The van der Waals surface area contributed by atoms with E-state index in [2.05, 4.69) is 58.4 Å². The fraction of sp³-hybridized carbons (Fsp3) is 0.333. The molecule has 1 aromatic carbocycles. The van der Waals surface area contributed by atoms with Crippen LogP contribution >= 0.6 is 11.3 Å². The predicted octanol–water partition coefficient (Wildman–Crippen LogP) is 3.10. The van der Waals surface area contributed by atoms with Gasteiger partial charge < -0.3 is 5.32 Å². The first-order chi connectivity index (χ1) is 8.79. The van der Waals surface area contributed by atoms with Gasteiger partial charge in [-0.05, 0) is 47.6 Å². The molecule has 2 rings (SSSR count). The first-order valence-electron chi connectivity index (χ1n) is 6.20. The van der Waals surface area contributed by atoms with Crippen molar-refractivity contribution in [2.24, 2.45) is 0 Å². The summed E-state index contributed by atoms with van der Waals surface area (Å²) >= 11 is 1.76. The molecular formula is C15H20N2S. The number of nitrogens with zero attached hydrogens (tertiary/aromatic N) is 1. The highest BCUT2D eigenvalue weighted by Gasteiger charge is 2.05. The van der Waals surface area contributed by atoms with E-state index in [4.69, 9.17) is 0 Å². The highest BCUT2D eigenvalue weighted by molar-refractivity contribution is 7.07. The smallest absolute Gasteiger partial charge is 0.0242 e. The summed E-state index contributed by atoms with van der Waals surface area (Å²) in [5, 5.41) is 7.58. The van der Waals surface area contributed by atoms with Crippen LogP contribution in [-0.4, -0.2) is 19.0 Å². The fourth-order valence-electron chi connectivity index (χ4n) is 2.12. The third kappa shape index (κ3) is 3.67. The van der Waals surface area contributed by atoms with Gasteiger partial charge >= 0.3 is 0 Å². The molecule has 0 fully saturated rings. The van der Waals surface area contributed by atoms with Gasteiger partial charge in [-0.2, -0.15) is 11.3 Å². The van der Waals surface area contributed by atoms with E-state index in [1.165, 1.54) is 16.7 Å². The summed E-state index contributed by atoms with van der Waals surface area (Å²) in [6, 6.07) is 10.8. The molecule has 18 heavy (non-hydrogen) atoms. The maximum Gasteiger partial charge on any atom is 0.0242 e. The largest absolute Gasteiger partial charge is 0.316 e. The predicted molar refractivity (Wildman–Crippen MR) is 78.7 cm³/mol. The van der Waals surface area contributed by atoms with Crippen LogP contribution in [0.3, 0.4) is 0 Å². The van der Waals surface area contributed by atoms with Crippen LogP contribution in [0.1, 0.15) is 16.7 Å². The highest BCUT2D eigenvalue weighted by Crippen LogP contribution is 2.14. The van der Waals surface area contributed by atoms with Crippen LogP contribution in [0.4, 0.5) is 0 Å². The van der Waals surface area contributed by atoms with Gasteiger partial charge in [0.2, 0.25) is 0 Å². The Labute approximate surface area is 113 Å². The zero-order valence-electron chi connectivity index (χ0n) is 11.0. The summed E-state index contributed by atoms with van der Waals surface area (Å²) in [6.07, 6.45) is 0. The van der Waals surface area contributed by atoms with E-state index in [0.717, 1.165) is 19.6 Å². The standard InChI is InChI=1S/C15H20N2S/c1-16-9-14-5-3-4-6-15(14)11-17(2)10-13-7-8-18-12-13/h3-8,12,16H,9-11H2,1-2H3. The molecule has 0 unspecified atom stereocenters. The van der Waals surface area contributed by atoms with Crippen LogP contribution in [0, 0.1) is 0 Å². The highest BCUT2D eigenvalue weighted by atomic mass is 32.1. The lowest BCUT2D eigenvalue weighted by molar-refractivity contribution is 0.318. The number of hydrogen-bond acceptors (Lipinski definition) is 3. The van der Waals surface area contributed by atoms with Gasteiger partial charge in [0.15, 0.2) is 0 Å². The van der Waals surface area contributed by atoms with Crippen LogP contribution < -0.4 is 5.32 Å². The van der Waals surface area contributed by atoms with E-state index < -0.39 is 0 Å². The van der Waals surface area contributed by atoms with Crippen LogP contribution in [0.2, 0.25) is 0 Å². The zero-order chi connectivity index (χ0) is 12.8. The van der Waals surface area contributed by atoms with Gasteiger partial charge in [0.25, 0.3) is 0 Å². The first kappa shape index (κ1) is 13.3. The van der Waals surface area contributed by atoms with Crippen molar-refractivity contribution < 1.29 is 0 Å². The van der Waals surface area contributed by atoms with Crippen LogP contribution in [0.5, 0.6) is 0 Å². The molecule has 1 heterocycles. The molecular weight excluding hydrogens is 240 g/mol. The SMILES string of the molecule is CNCc1ccccc1CN(C)Cc1ccsc1. The molecule has 0 aliphatic rings. The second kappa shape index (κ2) is 6.69. The Morgan fingerprint density at radius 1 is 1.11 bits per heavy atom. The summed E-state index contributed by atoms with van der Waals surface area (Å²) in [4.78, 5) is 2.36. The minimum atomic E-state index is 0.933. The van der Waals surface area contributed by atoms with Crippen molar-refractivity contribution in [2.75, 3.05) is 14.1 Å². The van der Waals surface area contributed by atoms with Gasteiger partial charge in [0.05, 0.1) is 0 Å². The summed E-state index contributed by atoms with van der Waals surface area (Å²) in [5.74, 6) is 0. The fourth-order valence-corrected chi connectivity index (χ4v) is 2.78. The summed E-state index contributed by atoms with van der Waals surface area (Å²) < 4.78 is 0. The monoisotopic (exact) mass is 260 g/mol. The Morgan fingerprint density at radius 2 is 1.89 bits per heavy atom. The number of benzene rings is 1. The number of rotatable bonds is 6. The maximum absolute atomic E-state index is 3.23. The molecule has 2 nitrogen and oxygen atoms in total. The minimum Gasteiger partial charge on any atom is -0.316 e. The maximum atomic E-state index is 3.23. The summed E-state index contributed by atoms with van der Waals surface area (Å²) in [5.41, 5.74) is 4.19. The minimum absolute atomic E-state index is 0.933. The number of nitrogens with one attached hydrogen (secondary N) is 1. The number of hydrogen-bond donors (Lipinski definition) is 1. The van der Waals surface area contributed by atoms with Crippen molar-refractivity contribution in [3.05, 3.63) is 57.8 Å². The molecule has 96 valence electrons. The Balaban J connectivity index is 2.00. The first-order valence-corrected chi connectivity index (χ1v) is 7.15. The lowest BCUT2D eigenvalue weighted by Gasteiger charge is -2.18. The van der Waals surface area contributed by atoms with Crippen LogP contribution in [-0.2, 0) is 19.6 Å². The van der Waals surface area contributed by atoms with Crippen LogP contribution in [0.15, 0.2) is 41.1 Å². The van der Waals surface area contributed by atoms with Gasteiger partial charge in [-0.15, -0.1) is 0 Å². The molecule has 1 N–H and O–H groups in total. The molecule has 0 aliphatic carbocycles. The topological polar surface area (TPSA) is 15.3 Å². The lowest BCUT2D eigenvalue weighted by Crippen LogP contribution is -2.19. The molecule has 3 heteroatoms. The third-order valence-electron chi connectivity index (χ3n) is 2.96. The molecule has 0 bridgehead atoms. The van der Waals surface area contributed by atoms with E-state index in [9.17, 15) is 0 Å². The average molecular weight is 260 g/mol. The molecule has 0 atom stereocenters. The Morgan fingerprint density at radius 3 is 2.56 bits per heavy atom. The van der Waals surface area contributed by atoms with Crippen molar-refractivity contribution in [3.8, 4) is 0 Å². The van der Waals surface area contributed by atoms with Gasteiger partial charge in [-0.3, -0.25) is 4.90 Å². The number of thiophene rings is 1. The zero-order valence-corrected chi connectivity index (χ0v) is 11.8. The van der Waals surface area contributed by atoms with E-state index in [0.29, 0.717) is 0 Å². The van der Waals surface area contributed by atoms with Gasteiger partial charge in [-0.25, -0.2) is 0 Å². The van der Waals surface area contributed by atoms with Crippen molar-refractivity contribution in [1.82, 2.24) is 10.2 Å². The Bertz CT molecular complexity index is 465. The van der Waals surface area contributed by atoms with Crippen molar-refractivity contribution in [1.29, 1.82) is 0 Å². The molecule has 0 radical (unpaired) electrons. The van der Waals surface area contributed by atoms with Gasteiger partial charge in [0.1, 0.15) is 0 Å². The Hall–Kier alpha value is -1.16. The van der Waals surface area contributed by atoms with Crippen LogP contribution in [0.25, 0.3) is 0 Å². The van der Waals surface area contributed by atoms with Crippen molar-refractivity contribution in [2.45, 2.75) is 19.6 Å². The van der Waals surface area contributed by atoms with E-state index in [1.807, 2.05) is 7.05 Å². The summed E-state index contributed by atoms with van der Waals surface area (Å²) in [7, 11) is 4.17. The van der Waals surface area contributed by atoms with Gasteiger partial charge in [-0.1, -0.05) is 24.3 Å². The van der Waals surface area contributed by atoms with Crippen molar-refractivity contribution >= 4 is 11.3 Å². The lowest BCUT2D eigenvalue weighted by atomic mass is 10.1. The molecule has 2 aromatic rings. The Kier molecular flexibility index (Phi) is 4.93. The van der Waals surface area contributed by atoms with Crippen molar-refractivity contribution in [3.63, 3.8) is 0 Å². The second-order valence-corrected chi connectivity index (χ2v) is 5.38. The second-order valence-electron chi connectivity index (χ2n) is 4.60. The molecule has 0 saturated heterocycles. The molecule has 0 aliphatic heterocycles. The molecule has 0 amide bonds. The molecule has 0 spiro atoms. The summed E-state index contributed by atoms with van der Waals surface area (Å²) in [6.45, 7) is 2.94. The van der Waals surface area contributed by atoms with Gasteiger partial charge in [0, 0.05) is 19.6 Å². The quantitative estimate of drug-likeness (QED) is 0.858. The molecule has 0 saturated carbocycles. The van der Waals surface area contributed by atoms with E-state index in [-0.39, 0.29) is 0 Å². The van der Waals surface area contributed by atoms with E-state index in [1.54, 1.807) is 11.3 Å². The third-order valence-corrected chi connectivity index (χ3v) is 3.69. The van der Waals surface area contributed by atoms with E-state index >= 15 is 0 Å².